The quantitative estimate of drug-likeness (QED) is 0.816. The van der Waals surface area contributed by atoms with Crippen molar-refractivity contribution in [3.63, 3.8) is 0 Å². The normalized spacial score (nSPS) is 27.5. The average Bonchev–Trinajstić information content (AvgIpc) is 3.14. The van der Waals surface area contributed by atoms with Crippen LogP contribution in [0.5, 0.6) is 11.5 Å². The molecule has 1 saturated carbocycles. The van der Waals surface area contributed by atoms with Gasteiger partial charge in [0.05, 0.1) is 12.1 Å². The Kier molecular flexibility index (Phi) is 3.64. The summed E-state index contributed by atoms with van der Waals surface area (Å²) >= 11 is 0. The van der Waals surface area contributed by atoms with Gasteiger partial charge in [0.1, 0.15) is 5.54 Å². The number of amides is 3. The Morgan fingerprint density at radius 2 is 1.88 bits per heavy atom. The van der Waals surface area contributed by atoms with E-state index in [0.29, 0.717) is 29.9 Å². The molecule has 134 valence electrons. The van der Waals surface area contributed by atoms with Crippen LogP contribution >= 0.6 is 0 Å². The lowest BCUT2D eigenvalue weighted by molar-refractivity contribution is -0.134. The second-order valence-electron chi connectivity index (χ2n) is 7.30. The number of hydrogen-bond donors (Lipinski definition) is 2. The van der Waals surface area contributed by atoms with Gasteiger partial charge in [-0.3, -0.25) is 9.69 Å². The van der Waals surface area contributed by atoms with Gasteiger partial charge in [0.2, 0.25) is 6.79 Å². The molecule has 0 unspecified atom stereocenters. The number of β-amino-alcohol motifs (C(OH)–C–C–N with tert-alkyl or cyclic N) is 1. The van der Waals surface area contributed by atoms with Crippen LogP contribution in [0.4, 0.5) is 4.79 Å². The molecule has 0 spiro atoms. The molecule has 7 heteroatoms. The number of hydrogen-bond acceptors (Lipinski definition) is 5. The number of fused-ring (bicyclic) bond motifs is 1. The number of urea groups is 1. The fourth-order valence-corrected chi connectivity index (χ4v) is 3.91. The van der Waals surface area contributed by atoms with Crippen molar-refractivity contribution >= 4 is 11.9 Å². The van der Waals surface area contributed by atoms with E-state index in [0.717, 1.165) is 24.2 Å². The Morgan fingerprint density at radius 1 is 1.16 bits per heavy atom. The standard InChI is InChI=1S/C18H22N2O5/c1-17(12-5-6-13-14(9-12)25-11-24-13)15(21)20(16(22)19-17)10-18(23)7-3-2-4-8-18/h5-6,9,23H,2-4,7-8,10-11H2,1H3,(H,19,22)/t17-/m0/s1. The van der Waals surface area contributed by atoms with Crippen LogP contribution < -0.4 is 14.8 Å². The van der Waals surface area contributed by atoms with Crippen molar-refractivity contribution in [3.8, 4) is 11.5 Å². The summed E-state index contributed by atoms with van der Waals surface area (Å²) in [6.45, 7) is 1.86. The highest BCUT2D eigenvalue weighted by molar-refractivity contribution is 6.07. The molecular formula is C18H22N2O5. The summed E-state index contributed by atoms with van der Waals surface area (Å²) in [5, 5.41) is 13.5. The van der Waals surface area contributed by atoms with Crippen molar-refractivity contribution in [2.24, 2.45) is 0 Å². The fraction of sp³-hybridized carbons (Fsp3) is 0.556. The number of nitrogens with zero attached hydrogens (tertiary/aromatic N) is 1. The highest BCUT2D eigenvalue weighted by Crippen LogP contribution is 2.38. The smallest absolute Gasteiger partial charge is 0.325 e. The second kappa shape index (κ2) is 5.62. The van der Waals surface area contributed by atoms with E-state index in [1.165, 1.54) is 0 Å². The predicted octanol–water partition coefficient (Wildman–Crippen LogP) is 1.88. The molecule has 1 aromatic rings. The van der Waals surface area contributed by atoms with Crippen LogP contribution in [-0.2, 0) is 10.3 Å². The van der Waals surface area contributed by atoms with Crippen LogP contribution in [0.1, 0.15) is 44.6 Å². The first-order valence-corrected chi connectivity index (χ1v) is 8.68. The lowest BCUT2D eigenvalue weighted by Crippen LogP contribution is -2.48. The molecule has 1 aliphatic carbocycles. The fourth-order valence-electron chi connectivity index (χ4n) is 3.91. The Hall–Kier alpha value is -2.28. The molecule has 1 saturated heterocycles. The van der Waals surface area contributed by atoms with Crippen molar-refractivity contribution in [2.45, 2.75) is 50.2 Å². The summed E-state index contributed by atoms with van der Waals surface area (Å²) < 4.78 is 10.7. The van der Waals surface area contributed by atoms with Gasteiger partial charge in [-0.05, 0) is 37.5 Å². The maximum Gasteiger partial charge on any atom is 0.325 e. The topological polar surface area (TPSA) is 88.1 Å². The van der Waals surface area contributed by atoms with Crippen LogP contribution in [0.2, 0.25) is 0 Å². The zero-order valence-electron chi connectivity index (χ0n) is 14.2. The minimum Gasteiger partial charge on any atom is -0.454 e. The highest BCUT2D eigenvalue weighted by Gasteiger charge is 2.51. The lowest BCUT2D eigenvalue weighted by Gasteiger charge is -2.34. The van der Waals surface area contributed by atoms with Crippen LogP contribution in [0.15, 0.2) is 18.2 Å². The Labute approximate surface area is 145 Å². The first kappa shape index (κ1) is 16.2. The monoisotopic (exact) mass is 346 g/mol. The maximum atomic E-state index is 13.0. The SMILES string of the molecule is C[C@@]1(c2ccc3c(c2)OCO3)NC(=O)N(CC2(O)CCCCC2)C1=O. The van der Waals surface area contributed by atoms with Gasteiger partial charge in [0.25, 0.3) is 5.91 Å². The highest BCUT2D eigenvalue weighted by atomic mass is 16.7. The van der Waals surface area contributed by atoms with E-state index in [1.807, 2.05) is 0 Å². The molecule has 4 rings (SSSR count). The number of ether oxygens (including phenoxy) is 2. The van der Waals surface area contributed by atoms with Gasteiger partial charge in [0, 0.05) is 0 Å². The third-order valence-corrected chi connectivity index (χ3v) is 5.46. The van der Waals surface area contributed by atoms with Crippen LogP contribution in [-0.4, -0.2) is 40.9 Å². The summed E-state index contributed by atoms with van der Waals surface area (Å²) in [6.07, 6.45) is 4.14. The van der Waals surface area contributed by atoms with E-state index in [1.54, 1.807) is 25.1 Å². The minimum absolute atomic E-state index is 0.0395. The van der Waals surface area contributed by atoms with Gasteiger partial charge >= 0.3 is 6.03 Å². The molecule has 2 fully saturated rings. The number of benzene rings is 1. The van der Waals surface area contributed by atoms with E-state index in [-0.39, 0.29) is 19.2 Å². The predicted molar refractivity (Wildman–Crippen MR) is 88.2 cm³/mol. The van der Waals surface area contributed by atoms with Crippen molar-refractivity contribution in [3.05, 3.63) is 23.8 Å². The zero-order chi connectivity index (χ0) is 17.7. The molecule has 25 heavy (non-hydrogen) atoms. The van der Waals surface area contributed by atoms with Crippen LogP contribution in [0.3, 0.4) is 0 Å². The number of imide groups is 1. The van der Waals surface area contributed by atoms with Crippen molar-refractivity contribution in [1.82, 2.24) is 10.2 Å². The molecule has 2 heterocycles. The van der Waals surface area contributed by atoms with Crippen LogP contribution in [0.25, 0.3) is 0 Å². The molecule has 0 radical (unpaired) electrons. The number of rotatable bonds is 3. The van der Waals surface area contributed by atoms with Gasteiger partial charge in [-0.1, -0.05) is 25.3 Å². The number of carbonyl (C=O) groups excluding carboxylic acids is 2. The van der Waals surface area contributed by atoms with E-state index in [2.05, 4.69) is 5.32 Å². The lowest BCUT2D eigenvalue weighted by atomic mass is 9.84. The van der Waals surface area contributed by atoms with Crippen molar-refractivity contribution < 1.29 is 24.2 Å². The maximum absolute atomic E-state index is 13.0. The first-order chi connectivity index (χ1) is 11.9. The summed E-state index contributed by atoms with van der Waals surface area (Å²) in [7, 11) is 0. The number of carbonyl (C=O) groups is 2. The van der Waals surface area contributed by atoms with Gasteiger partial charge in [-0.15, -0.1) is 0 Å². The minimum atomic E-state index is -1.18. The molecule has 1 aromatic carbocycles. The third-order valence-electron chi connectivity index (χ3n) is 5.46. The third kappa shape index (κ3) is 2.63. The van der Waals surface area contributed by atoms with Gasteiger partial charge in [0.15, 0.2) is 11.5 Å². The molecule has 2 aliphatic heterocycles. The molecular weight excluding hydrogens is 324 g/mol. The number of nitrogens with one attached hydrogen (secondary N) is 1. The first-order valence-electron chi connectivity index (χ1n) is 8.68. The van der Waals surface area contributed by atoms with E-state index < -0.39 is 17.2 Å². The van der Waals surface area contributed by atoms with Gasteiger partial charge < -0.3 is 19.9 Å². The molecule has 0 aromatic heterocycles. The summed E-state index contributed by atoms with van der Waals surface area (Å²) in [5.41, 5.74) is -1.53. The average molecular weight is 346 g/mol. The van der Waals surface area contributed by atoms with E-state index >= 15 is 0 Å². The van der Waals surface area contributed by atoms with Crippen LogP contribution in [0, 0.1) is 0 Å². The molecule has 0 bridgehead atoms. The summed E-state index contributed by atoms with van der Waals surface area (Å²) in [5.74, 6) is 0.831. The molecule has 1 atom stereocenters. The molecule has 2 N–H and O–H groups in total. The Balaban J connectivity index is 1.59. The van der Waals surface area contributed by atoms with E-state index in [9.17, 15) is 14.7 Å². The second-order valence-corrected chi connectivity index (χ2v) is 7.30. The molecule has 7 nitrogen and oxygen atoms in total. The molecule has 3 aliphatic rings. The van der Waals surface area contributed by atoms with Gasteiger partial charge in [-0.25, -0.2) is 4.79 Å². The molecule has 3 amide bonds. The largest absolute Gasteiger partial charge is 0.454 e. The summed E-state index contributed by atoms with van der Waals surface area (Å²) in [6, 6.07) is 4.74. The Bertz CT molecular complexity index is 728. The number of aliphatic hydroxyl groups is 1. The van der Waals surface area contributed by atoms with Gasteiger partial charge in [-0.2, -0.15) is 0 Å². The Morgan fingerprint density at radius 3 is 2.64 bits per heavy atom. The zero-order valence-corrected chi connectivity index (χ0v) is 14.2. The van der Waals surface area contributed by atoms with Crippen molar-refractivity contribution in [2.75, 3.05) is 13.3 Å². The van der Waals surface area contributed by atoms with Crippen molar-refractivity contribution in [1.29, 1.82) is 0 Å². The summed E-state index contributed by atoms with van der Waals surface area (Å²) in [4.78, 5) is 26.6. The van der Waals surface area contributed by atoms with E-state index in [4.69, 9.17) is 9.47 Å².